The summed E-state index contributed by atoms with van der Waals surface area (Å²) in [6.45, 7) is 7.71. The number of hydrogen-bond donors (Lipinski definition) is 0. The molecular weight excluding hydrogens is 160 g/mol. The van der Waals surface area contributed by atoms with Crippen LogP contribution in [0.1, 0.15) is 34.1 Å². The number of nitrogens with zero attached hydrogens (tertiary/aromatic N) is 2. The first-order valence-corrected chi connectivity index (χ1v) is 4.40. The lowest BCUT2D eigenvalue weighted by atomic mass is 10.2. The van der Waals surface area contributed by atoms with Crippen molar-refractivity contribution in [1.82, 2.24) is 0 Å². The quantitative estimate of drug-likeness (QED) is 0.480. The average Bonchev–Trinajstić information content (AvgIpc) is 2.04. The Hall–Kier alpha value is -1.36. The number of allylic oxidation sites excluding steroid dienone is 4. The predicted molar refractivity (Wildman–Crippen MR) is 56.5 cm³/mol. The summed E-state index contributed by atoms with van der Waals surface area (Å²) in [6, 6.07) is 2.06. The first-order chi connectivity index (χ1) is 6.10. The maximum atomic E-state index is 8.53. The van der Waals surface area contributed by atoms with E-state index in [-0.39, 0.29) is 0 Å². The lowest BCUT2D eigenvalue weighted by Gasteiger charge is -1.94. The Morgan fingerprint density at radius 1 is 1.38 bits per heavy atom. The van der Waals surface area contributed by atoms with E-state index in [9.17, 15) is 0 Å². The third-order valence-electron chi connectivity index (χ3n) is 1.45. The van der Waals surface area contributed by atoms with Gasteiger partial charge in [0.25, 0.3) is 0 Å². The summed E-state index contributed by atoms with van der Waals surface area (Å²) in [7, 11) is 0. The van der Waals surface area contributed by atoms with Gasteiger partial charge in [0.2, 0.25) is 0 Å². The molecule has 0 heterocycles. The van der Waals surface area contributed by atoms with Gasteiger partial charge in [-0.05, 0) is 33.3 Å². The van der Waals surface area contributed by atoms with E-state index in [0.717, 1.165) is 17.8 Å². The van der Waals surface area contributed by atoms with Crippen molar-refractivity contribution in [1.29, 1.82) is 5.26 Å². The third-order valence-corrected chi connectivity index (χ3v) is 1.45. The van der Waals surface area contributed by atoms with Crippen LogP contribution in [0.5, 0.6) is 0 Å². The predicted octanol–water partition coefficient (Wildman–Crippen LogP) is 3.23. The lowest BCUT2D eigenvalue weighted by molar-refractivity contribution is 1.15. The van der Waals surface area contributed by atoms with Crippen LogP contribution in [-0.4, -0.2) is 5.71 Å². The van der Waals surface area contributed by atoms with E-state index >= 15 is 0 Å². The summed E-state index contributed by atoms with van der Waals surface area (Å²) in [4.78, 5) is 4.30. The fourth-order valence-electron chi connectivity index (χ4n) is 0.997. The first kappa shape index (κ1) is 11.6. The second kappa shape index (κ2) is 6.19. The van der Waals surface area contributed by atoms with Crippen LogP contribution in [-0.2, 0) is 0 Å². The number of nitriles is 1. The standard InChI is InChI=1S/C11H16N2/c1-5-6-10(3)13-11(4)7-9(2)8-12/h6-7H,5H2,1-4H3/b9-7+,10-6+,13-11+. The maximum Gasteiger partial charge on any atom is 0.0944 e. The van der Waals surface area contributed by atoms with E-state index in [1.165, 1.54) is 0 Å². The Bertz CT molecular complexity index is 288. The number of rotatable bonds is 3. The minimum absolute atomic E-state index is 0.686. The summed E-state index contributed by atoms with van der Waals surface area (Å²) in [5.41, 5.74) is 2.56. The highest BCUT2D eigenvalue weighted by Crippen LogP contribution is 1.99. The average molecular weight is 176 g/mol. The van der Waals surface area contributed by atoms with Crippen molar-refractivity contribution in [2.45, 2.75) is 34.1 Å². The van der Waals surface area contributed by atoms with Gasteiger partial charge in [0, 0.05) is 17.0 Å². The highest BCUT2D eigenvalue weighted by molar-refractivity contribution is 5.94. The molecule has 0 radical (unpaired) electrons. The van der Waals surface area contributed by atoms with Crippen LogP contribution in [0.15, 0.2) is 28.4 Å². The van der Waals surface area contributed by atoms with Gasteiger partial charge in [0.1, 0.15) is 0 Å². The van der Waals surface area contributed by atoms with Crippen molar-refractivity contribution in [3.05, 3.63) is 23.4 Å². The van der Waals surface area contributed by atoms with Gasteiger partial charge in [0.05, 0.1) is 6.07 Å². The molecule has 0 aromatic carbocycles. The van der Waals surface area contributed by atoms with Crippen LogP contribution >= 0.6 is 0 Å². The zero-order valence-electron chi connectivity index (χ0n) is 8.76. The summed E-state index contributed by atoms with van der Waals surface area (Å²) >= 11 is 0. The molecule has 2 nitrogen and oxygen atoms in total. The summed E-state index contributed by atoms with van der Waals surface area (Å²) in [5, 5.41) is 8.53. The molecule has 0 N–H and O–H groups in total. The van der Waals surface area contributed by atoms with Crippen molar-refractivity contribution in [2.24, 2.45) is 4.99 Å². The van der Waals surface area contributed by atoms with E-state index in [1.807, 2.05) is 13.8 Å². The van der Waals surface area contributed by atoms with Crippen LogP contribution in [0.2, 0.25) is 0 Å². The van der Waals surface area contributed by atoms with Gasteiger partial charge < -0.3 is 0 Å². The van der Waals surface area contributed by atoms with Crippen molar-refractivity contribution in [2.75, 3.05) is 0 Å². The van der Waals surface area contributed by atoms with Crippen molar-refractivity contribution >= 4 is 5.71 Å². The molecule has 0 aromatic heterocycles. The Balaban J connectivity index is 4.53. The highest BCUT2D eigenvalue weighted by Gasteiger charge is 1.89. The van der Waals surface area contributed by atoms with Crippen molar-refractivity contribution in [3.8, 4) is 6.07 Å². The molecule has 0 aliphatic heterocycles. The summed E-state index contributed by atoms with van der Waals surface area (Å²) in [6.07, 6.45) is 4.83. The van der Waals surface area contributed by atoms with E-state index in [2.05, 4.69) is 24.1 Å². The zero-order valence-corrected chi connectivity index (χ0v) is 8.76. The summed E-state index contributed by atoms with van der Waals surface area (Å²) < 4.78 is 0. The minimum atomic E-state index is 0.686. The molecule has 2 heteroatoms. The molecule has 0 spiro atoms. The van der Waals surface area contributed by atoms with Crippen molar-refractivity contribution < 1.29 is 0 Å². The number of hydrogen-bond acceptors (Lipinski definition) is 2. The Kier molecular flexibility index (Phi) is 5.54. The van der Waals surface area contributed by atoms with Crippen LogP contribution in [0.25, 0.3) is 0 Å². The Morgan fingerprint density at radius 2 is 2.00 bits per heavy atom. The van der Waals surface area contributed by atoms with E-state index in [0.29, 0.717) is 5.57 Å². The first-order valence-electron chi connectivity index (χ1n) is 4.40. The molecule has 0 aliphatic rings. The molecule has 0 fully saturated rings. The van der Waals surface area contributed by atoms with Crippen LogP contribution in [0.3, 0.4) is 0 Å². The molecule has 70 valence electrons. The molecular formula is C11H16N2. The van der Waals surface area contributed by atoms with Crippen LogP contribution in [0.4, 0.5) is 0 Å². The molecule has 0 rings (SSSR count). The zero-order chi connectivity index (χ0) is 10.3. The molecule has 0 amide bonds. The lowest BCUT2D eigenvalue weighted by Crippen LogP contribution is -1.87. The highest BCUT2D eigenvalue weighted by atomic mass is 14.7. The van der Waals surface area contributed by atoms with E-state index in [1.54, 1.807) is 13.0 Å². The minimum Gasteiger partial charge on any atom is -0.259 e. The maximum absolute atomic E-state index is 8.53. The molecule has 0 unspecified atom stereocenters. The van der Waals surface area contributed by atoms with E-state index in [4.69, 9.17) is 5.26 Å². The molecule has 0 saturated heterocycles. The topological polar surface area (TPSA) is 36.1 Å². The summed E-state index contributed by atoms with van der Waals surface area (Å²) in [5.74, 6) is 0. The molecule has 0 atom stereocenters. The molecule has 0 aliphatic carbocycles. The molecule has 0 saturated carbocycles. The van der Waals surface area contributed by atoms with Gasteiger partial charge >= 0.3 is 0 Å². The van der Waals surface area contributed by atoms with Crippen LogP contribution < -0.4 is 0 Å². The van der Waals surface area contributed by atoms with Gasteiger partial charge in [-0.15, -0.1) is 0 Å². The molecule has 13 heavy (non-hydrogen) atoms. The Morgan fingerprint density at radius 3 is 2.46 bits per heavy atom. The molecule has 0 bridgehead atoms. The monoisotopic (exact) mass is 176 g/mol. The largest absolute Gasteiger partial charge is 0.259 e. The normalized spacial score (nSPS) is 14.2. The van der Waals surface area contributed by atoms with Crippen LogP contribution in [0, 0.1) is 11.3 Å². The third kappa shape index (κ3) is 5.86. The second-order valence-electron chi connectivity index (χ2n) is 2.95. The van der Waals surface area contributed by atoms with Gasteiger partial charge in [-0.3, -0.25) is 4.99 Å². The van der Waals surface area contributed by atoms with E-state index < -0.39 is 0 Å². The second-order valence-corrected chi connectivity index (χ2v) is 2.95. The van der Waals surface area contributed by atoms with Gasteiger partial charge in [0.15, 0.2) is 0 Å². The van der Waals surface area contributed by atoms with Gasteiger partial charge in [-0.25, -0.2) is 0 Å². The van der Waals surface area contributed by atoms with Gasteiger partial charge in [-0.2, -0.15) is 5.26 Å². The fourth-order valence-corrected chi connectivity index (χ4v) is 0.997. The smallest absolute Gasteiger partial charge is 0.0944 e. The Labute approximate surface area is 80.3 Å². The fraction of sp³-hybridized carbons (Fsp3) is 0.455. The van der Waals surface area contributed by atoms with Crippen molar-refractivity contribution in [3.63, 3.8) is 0 Å². The van der Waals surface area contributed by atoms with Gasteiger partial charge in [-0.1, -0.05) is 13.0 Å². The molecule has 0 aromatic rings. The number of aliphatic imine (C=N–C) groups is 1. The SMILES string of the molecule is CC/C=C(C)/N=C(C)/C=C(\C)C#N.